The number of alkyl halides is 3. The molecule has 0 unspecified atom stereocenters. The van der Waals surface area contributed by atoms with Crippen molar-refractivity contribution in [3.63, 3.8) is 0 Å². The third kappa shape index (κ3) is 2.78. The first-order valence-electron chi connectivity index (χ1n) is 2.30. The molecule has 0 atom stereocenters. The van der Waals surface area contributed by atoms with E-state index in [2.05, 4.69) is 11.3 Å². The molecular formula is C5H5Cl3O2. The molecule has 0 rings (SSSR count). The van der Waals surface area contributed by atoms with E-state index in [1.807, 2.05) is 0 Å². The monoisotopic (exact) mass is 202 g/mol. The highest BCUT2D eigenvalue weighted by molar-refractivity contribution is 6.60. The Bertz CT molecular complexity index is 144. The van der Waals surface area contributed by atoms with Crippen LogP contribution in [0.2, 0.25) is 0 Å². The van der Waals surface area contributed by atoms with Gasteiger partial charge in [0.15, 0.2) is 0 Å². The summed E-state index contributed by atoms with van der Waals surface area (Å²) in [6, 6.07) is 0. The molecule has 0 aliphatic carbocycles. The molecule has 2 nitrogen and oxygen atoms in total. The molecule has 0 heterocycles. The van der Waals surface area contributed by atoms with Gasteiger partial charge in [0.05, 0.1) is 12.1 Å². The fraction of sp³-hybridized carbons (Fsp3) is 0.400. The first-order chi connectivity index (χ1) is 4.54. The second-order valence-electron chi connectivity index (χ2n) is 1.41. The summed E-state index contributed by atoms with van der Waals surface area (Å²) in [5, 5.41) is 0. The lowest BCUT2D eigenvalue weighted by Crippen LogP contribution is -2.28. The Kier molecular flexibility index (Phi) is 4.09. The molecule has 0 aliphatic rings. The number of esters is 1. The topological polar surface area (TPSA) is 26.3 Å². The molecule has 0 aromatic rings. The summed E-state index contributed by atoms with van der Waals surface area (Å²) >= 11 is 15.9. The maximum atomic E-state index is 10.7. The number of carbonyl (C=O) groups is 1. The lowest BCUT2D eigenvalue weighted by Gasteiger charge is -2.11. The van der Waals surface area contributed by atoms with Gasteiger partial charge in [0.2, 0.25) is 4.33 Å². The van der Waals surface area contributed by atoms with Crippen LogP contribution in [0, 0.1) is 0 Å². The van der Waals surface area contributed by atoms with E-state index in [1.165, 1.54) is 0 Å². The van der Waals surface area contributed by atoms with Gasteiger partial charge in [0, 0.05) is 0 Å². The molecule has 0 saturated heterocycles. The molecule has 0 saturated carbocycles. The molecular weight excluding hydrogens is 198 g/mol. The number of carbonyl (C=O) groups excluding carboxylic acids is 1. The SMILES string of the molecule is C=COC(=O)C(Cl)(Cl)CCl. The van der Waals surface area contributed by atoms with Crippen LogP contribution in [-0.4, -0.2) is 16.2 Å². The Morgan fingerprint density at radius 3 is 2.50 bits per heavy atom. The molecule has 5 heteroatoms. The normalized spacial score (nSPS) is 10.7. The number of rotatable bonds is 3. The van der Waals surface area contributed by atoms with Gasteiger partial charge in [-0.25, -0.2) is 4.79 Å². The van der Waals surface area contributed by atoms with E-state index in [4.69, 9.17) is 34.8 Å². The van der Waals surface area contributed by atoms with Gasteiger partial charge < -0.3 is 4.74 Å². The zero-order valence-electron chi connectivity index (χ0n) is 4.94. The van der Waals surface area contributed by atoms with Gasteiger partial charge in [-0.1, -0.05) is 29.8 Å². The molecule has 0 fully saturated rings. The summed E-state index contributed by atoms with van der Waals surface area (Å²) in [6.45, 7) is 3.15. The summed E-state index contributed by atoms with van der Waals surface area (Å²) in [5.74, 6) is -1.04. The number of hydrogen-bond donors (Lipinski definition) is 0. The molecule has 0 aliphatic heterocycles. The van der Waals surface area contributed by atoms with Crippen LogP contribution in [0.5, 0.6) is 0 Å². The average molecular weight is 203 g/mol. The quantitative estimate of drug-likeness (QED) is 0.399. The fourth-order valence-corrected chi connectivity index (χ4v) is 0.415. The first kappa shape index (κ1) is 10.1. The van der Waals surface area contributed by atoms with Gasteiger partial charge in [-0.15, -0.1) is 11.6 Å². The van der Waals surface area contributed by atoms with Crippen molar-refractivity contribution < 1.29 is 9.53 Å². The second kappa shape index (κ2) is 4.06. The van der Waals surface area contributed by atoms with Crippen LogP contribution < -0.4 is 0 Å². The van der Waals surface area contributed by atoms with Crippen molar-refractivity contribution >= 4 is 40.8 Å². The van der Waals surface area contributed by atoms with Crippen LogP contribution in [0.1, 0.15) is 0 Å². The summed E-state index contributed by atoms with van der Waals surface area (Å²) in [5.41, 5.74) is 0. The Morgan fingerprint density at radius 2 is 2.20 bits per heavy atom. The van der Waals surface area contributed by atoms with Gasteiger partial charge in [0.25, 0.3) is 0 Å². The van der Waals surface area contributed by atoms with Crippen LogP contribution in [0.4, 0.5) is 0 Å². The van der Waals surface area contributed by atoms with E-state index in [9.17, 15) is 4.79 Å². The van der Waals surface area contributed by atoms with Crippen LogP contribution in [0.15, 0.2) is 12.8 Å². The maximum Gasteiger partial charge on any atom is 0.348 e. The highest BCUT2D eigenvalue weighted by Crippen LogP contribution is 2.24. The van der Waals surface area contributed by atoms with Crippen molar-refractivity contribution in [1.82, 2.24) is 0 Å². The van der Waals surface area contributed by atoms with Gasteiger partial charge >= 0.3 is 5.97 Å². The van der Waals surface area contributed by atoms with E-state index in [0.717, 1.165) is 6.26 Å². The standard InChI is InChI=1S/C5H5Cl3O2/c1-2-10-4(9)5(7,8)3-6/h2H,1,3H2. The first-order valence-corrected chi connectivity index (χ1v) is 3.59. The summed E-state index contributed by atoms with van der Waals surface area (Å²) in [7, 11) is 0. The van der Waals surface area contributed by atoms with Crippen LogP contribution in [0.3, 0.4) is 0 Å². The summed E-state index contributed by atoms with van der Waals surface area (Å²) < 4.78 is 2.60. The molecule has 0 aromatic carbocycles. The lowest BCUT2D eigenvalue weighted by atomic mass is 10.5. The molecule has 0 aromatic heterocycles. The molecule has 0 N–H and O–H groups in total. The van der Waals surface area contributed by atoms with E-state index in [1.54, 1.807) is 0 Å². The summed E-state index contributed by atoms with van der Waals surface area (Å²) in [4.78, 5) is 10.7. The molecule has 0 bridgehead atoms. The zero-order valence-corrected chi connectivity index (χ0v) is 7.21. The van der Waals surface area contributed by atoms with E-state index in [-0.39, 0.29) is 5.88 Å². The van der Waals surface area contributed by atoms with Crippen molar-refractivity contribution in [1.29, 1.82) is 0 Å². The molecule has 10 heavy (non-hydrogen) atoms. The Morgan fingerprint density at radius 1 is 1.70 bits per heavy atom. The lowest BCUT2D eigenvalue weighted by molar-refractivity contribution is -0.138. The number of hydrogen-bond acceptors (Lipinski definition) is 2. The van der Waals surface area contributed by atoms with Crippen LogP contribution in [0.25, 0.3) is 0 Å². The summed E-state index contributed by atoms with van der Waals surface area (Å²) in [6.07, 6.45) is 0.939. The fourth-order valence-electron chi connectivity index (χ4n) is 0.216. The highest BCUT2D eigenvalue weighted by atomic mass is 35.5. The van der Waals surface area contributed by atoms with E-state index >= 15 is 0 Å². The van der Waals surface area contributed by atoms with Gasteiger partial charge in [-0.3, -0.25) is 0 Å². The largest absolute Gasteiger partial charge is 0.433 e. The third-order valence-electron chi connectivity index (χ3n) is 0.657. The smallest absolute Gasteiger partial charge is 0.348 e. The van der Waals surface area contributed by atoms with E-state index < -0.39 is 10.3 Å². The van der Waals surface area contributed by atoms with Gasteiger partial charge in [-0.2, -0.15) is 0 Å². The third-order valence-corrected chi connectivity index (χ3v) is 1.91. The highest BCUT2D eigenvalue weighted by Gasteiger charge is 2.34. The van der Waals surface area contributed by atoms with Crippen molar-refractivity contribution in [2.45, 2.75) is 4.33 Å². The molecule has 0 amide bonds. The van der Waals surface area contributed by atoms with Gasteiger partial charge in [0.1, 0.15) is 0 Å². The minimum Gasteiger partial charge on any atom is -0.433 e. The predicted octanol–water partition coefficient (Wildman–Crippen LogP) is 2.09. The predicted molar refractivity (Wildman–Crippen MR) is 41.4 cm³/mol. The van der Waals surface area contributed by atoms with Crippen molar-refractivity contribution in [3.8, 4) is 0 Å². The van der Waals surface area contributed by atoms with Crippen molar-refractivity contribution in [3.05, 3.63) is 12.8 Å². The Balaban J connectivity index is 4.03. The van der Waals surface area contributed by atoms with Crippen molar-refractivity contribution in [2.24, 2.45) is 0 Å². The number of ether oxygens (including phenoxy) is 1. The average Bonchev–Trinajstić information content (AvgIpc) is 1.89. The second-order valence-corrected chi connectivity index (χ2v) is 3.16. The van der Waals surface area contributed by atoms with E-state index in [0.29, 0.717) is 0 Å². The molecule has 0 radical (unpaired) electrons. The van der Waals surface area contributed by atoms with Crippen LogP contribution >= 0.6 is 34.8 Å². The minimum atomic E-state index is -1.67. The Labute approximate surface area is 73.7 Å². The van der Waals surface area contributed by atoms with Crippen molar-refractivity contribution in [2.75, 3.05) is 5.88 Å². The maximum absolute atomic E-state index is 10.7. The van der Waals surface area contributed by atoms with Crippen LogP contribution in [-0.2, 0) is 9.53 Å². The molecule has 58 valence electrons. The van der Waals surface area contributed by atoms with Gasteiger partial charge in [-0.05, 0) is 0 Å². The Hall–Kier alpha value is 0.0800. The zero-order chi connectivity index (χ0) is 8.20. The molecule has 0 spiro atoms. The number of halogens is 3. The minimum absolute atomic E-state index is 0.219.